The molecule has 5 heteroatoms. The van der Waals surface area contributed by atoms with Gasteiger partial charge in [-0.2, -0.15) is 0 Å². The second-order valence-electron chi connectivity index (χ2n) is 0.716. The van der Waals surface area contributed by atoms with Crippen molar-refractivity contribution in [3.8, 4) is 0 Å². The van der Waals surface area contributed by atoms with Crippen molar-refractivity contribution >= 4 is 24.8 Å². The topological polar surface area (TPSA) is 29.3 Å². The van der Waals surface area contributed by atoms with Gasteiger partial charge in [0, 0.05) is 6.54 Å². The Labute approximate surface area is 54.6 Å². The minimum atomic E-state index is 0. The third-order valence-corrected chi connectivity index (χ3v) is 0.302. The molecule has 48 valence electrons. The number of rotatable bonds is 1. The maximum absolute atomic E-state index is 11.0. The molecule has 0 saturated heterocycles. The molecule has 2 N–H and O–H groups in total. The largest absolute Gasteiger partial charge is 0.241 e. The zero-order valence-electron chi connectivity index (χ0n) is 3.93. The van der Waals surface area contributed by atoms with E-state index in [1.807, 2.05) is 0 Å². The van der Waals surface area contributed by atoms with Crippen molar-refractivity contribution in [3.63, 3.8) is 0 Å². The van der Waals surface area contributed by atoms with E-state index in [0.29, 0.717) is 0 Å². The Morgan fingerprint density at radius 2 is 1.71 bits per heavy atom. The molecule has 0 heterocycles. The van der Waals surface area contributed by atoms with Crippen molar-refractivity contribution in [1.82, 2.24) is 5.23 Å². The van der Waals surface area contributed by atoms with Gasteiger partial charge in [0.05, 0.1) is 0 Å². The first-order valence-electron chi connectivity index (χ1n) is 1.45. The number of hydrazine groups is 1. The van der Waals surface area contributed by atoms with Crippen LogP contribution >= 0.6 is 24.8 Å². The van der Waals surface area contributed by atoms with Crippen LogP contribution in [0.1, 0.15) is 6.92 Å². The summed E-state index contributed by atoms with van der Waals surface area (Å²) in [4.78, 5) is 0. The van der Waals surface area contributed by atoms with Gasteiger partial charge in [0.15, 0.2) is 0 Å². The van der Waals surface area contributed by atoms with E-state index in [1.165, 1.54) is 0 Å². The predicted octanol–water partition coefficient (Wildman–Crippen LogP) is 0.910. The summed E-state index contributed by atoms with van der Waals surface area (Å²) in [5.74, 6) is 4.46. The Morgan fingerprint density at radius 3 is 1.71 bits per heavy atom. The average Bonchev–Trinajstić information content (AvgIpc) is 1.38. The lowest BCUT2D eigenvalue weighted by Gasteiger charge is -1.93. The Morgan fingerprint density at radius 1 is 1.57 bits per heavy atom. The Bertz CT molecular complexity index is 27.7. The van der Waals surface area contributed by atoms with Gasteiger partial charge in [-0.25, -0.2) is 5.84 Å². The SMILES string of the molecule is CCN(N)F.Cl.Cl. The monoisotopic (exact) mass is 150 g/mol. The summed E-state index contributed by atoms with van der Waals surface area (Å²) in [6.45, 7) is 1.88. The second-order valence-corrected chi connectivity index (χ2v) is 0.716. The number of hydrogen-bond donors (Lipinski definition) is 1. The second kappa shape index (κ2) is 9.66. The van der Waals surface area contributed by atoms with Gasteiger partial charge in [-0.15, -0.1) is 29.3 Å². The molecule has 0 aromatic heterocycles. The summed E-state index contributed by atoms with van der Waals surface area (Å²) < 4.78 is 11.0. The van der Waals surface area contributed by atoms with E-state index < -0.39 is 0 Å². The van der Waals surface area contributed by atoms with Gasteiger partial charge >= 0.3 is 0 Å². The lowest BCUT2D eigenvalue weighted by atomic mass is 10.8. The van der Waals surface area contributed by atoms with Gasteiger partial charge in [-0.1, -0.05) is 5.23 Å². The molecule has 7 heavy (non-hydrogen) atoms. The highest BCUT2D eigenvalue weighted by Crippen LogP contribution is 1.67. The van der Waals surface area contributed by atoms with Crippen LogP contribution in [0.15, 0.2) is 0 Å². The van der Waals surface area contributed by atoms with Crippen LogP contribution in [0.2, 0.25) is 0 Å². The molecule has 0 saturated carbocycles. The zero-order valence-corrected chi connectivity index (χ0v) is 5.56. The van der Waals surface area contributed by atoms with Crippen LogP contribution in [-0.2, 0) is 0 Å². The molecule has 0 rings (SSSR count). The molecule has 0 bridgehead atoms. The van der Waals surface area contributed by atoms with Gasteiger partial charge in [0.1, 0.15) is 0 Å². The molecule has 0 amide bonds. The molecule has 0 radical (unpaired) electrons. The summed E-state index contributed by atoms with van der Waals surface area (Å²) in [5.41, 5.74) is 0. The molecule has 0 aliphatic carbocycles. The minimum absolute atomic E-state index is 0. The number of nitrogens with zero attached hydrogens (tertiary/aromatic N) is 1. The van der Waals surface area contributed by atoms with E-state index in [4.69, 9.17) is 0 Å². The number of nitrogens with two attached hydrogens (primary N) is 1. The molecule has 0 spiro atoms. The molecule has 0 unspecified atom stereocenters. The Kier molecular flexibility index (Phi) is 21.6. The molecule has 0 aromatic carbocycles. The van der Waals surface area contributed by atoms with Crippen LogP contribution in [0.25, 0.3) is 0 Å². The molecule has 0 atom stereocenters. The van der Waals surface area contributed by atoms with Crippen LogP contribution in [0.3, 0.4) is 0 Å². The molecule has 0 aliphatic rings. The maximum atomic E-state index is 11.0. The van der Waals surface area contributed by atoms with E-state index in [1.54, 1.807) is 6.92 Å². The summed E-state index contributed by atoms with van der Waals surface area (Å²) in [6, 6.07) is 0. The van der Waals surface area contributed by atoms with Gasteiger partial charge in [-0.05, 0) is 6.92 Å². The van der Waals surface area contributed by atoms with Crippen LogP contribution in [0.5, 0.6) is 0 Å². The third kappa shape index (κ3) is 21.4. The first-order valence-corrected chi connectivity index (χ1v) is 1.45. The maximum Gasteiger partial charge on any atom is 0.0421 e. The van der Waals surface area contributed by atoms with Gasteiger partial charge in [0.2, 0.25) is 0 Å². The molecule has 0 aliphatic heterocycles. The lowest BCUT2D eigenvalue weighted by molar-refractivity contribution is 0.0317. The van der Waals surface area contributed by atoms with E-state index >= 15 is 0 Å². The van der Waals surface area contributed by atoms with E-state index in [2.05, 4.69) is 5.84 Å². The zero-order chi connectivity index (χ0) is 4.28. The highest BCUT2D eigenvalue weighted by Gasteiger charge is 1.78. The van der Waals surface area contributed by atoms with Crippen molar-refractivity contribution in [2.24, 2.45) is 5.84 Å². The molecule has 0 aromatic rings. The number of halogens is 3. The van der Waals surface area contributed by atoms with E-state index in [-0.39, 0.29) is 36.6 Å². The van der Waals surface area contributed by atoms with Crippen molar-refractivity contribution in [3.05, 3.63) is 0 Å². The fraction of sp³-hybridized carbons (Fsp3) is 1.00. The van der Waals surface area contributed by atoms with Crippen LogP contribution in [0.4, 0.5) is 4.48 Å². The third-order valence-electron chi connectivity index (χ3n) is 0.302. The normalized spacial score (nSPS) is 6.86. The van der Waals surface area contributed by atoms with Gasteiger partial charge in [-0.3, -0.25) is 0 Å². The van der Waals surface area contributed by atoms with Crippen molar-refractivity contribution in [2.45, 2.75) is 6.92 Å². The van der Waals surface area contributed by atoms with Crippen molar-refractivity contribution < 1.29 is 4.48 Å². The highest BCUT2D eigenvalue weighted by atomic mass is 35.5. The summed E-state index contributed by atoms with van der Waals surface area (Å²) >= 11 is 0. The minimum Gasteiger partial charge on any atom is -0.241 e. The van der Waals surface area contributed by atoms with Crippen molar-refractivity contribution in [2.75, 3.05) is 6.54 Å². The van der Waals surface area contributed by atoms with Crippen LogP contribution < -0.4 is 5.84 Å². The summed E-state index contributed by atoms with van der Waals surface area (Å²) in [5, 5.41) is 0.125. The molecule has 0 fully saturated rings. The standard InChI is InChI=1S/C2H7FN2.2ClH/c1-2-5(3)4;;/h2,4H2,1H3;2*1H. The highest BCUT2D eigenvalue weighted by molar-refractivity contribution is 5.85. The first kappa shape index (κ1) is 15.7. The van der Waals surface area contributed by atoms with Crippen LogP contribution in [0, 0.1) is 0 Å². The summed E-state index contributed by atoms with van der Waals surface area (Å²) in [7, 11) is 0. The lowest BCUT2D eigenvalue weighted by Crippen LogP contribution is -2.19. The fourth-order valence-electron chi connectivity index (χ4n) is 0. The quantitative estimate of drug-likeness (QED) is 0.343. The fourth-order valence-corrected chi connectivity index (χ4v) is 0. The first-order chi connectivity index (χ1) is 2.27. The molecular weight excluding hydrogens is 142 g/mol. The van der Waals surface area contributed by atoms with Crippen molar-refractivity contribution in [1.29, 1.82) is 0 Å². The van der Waals surface area contributed by atoms with E-state index in [0.717, 1.165) is 0 Å². The predicted molar refractivity (Wildman–Crippen MR) is 32.2 cm³/mol. The van der Waals surface area contributed by atoms with Crippen LogP contribution in [-0.4, -0.2) is 11.8 Å². The van der Waals surface area contributed by atoms with E-state index in [9.17, 15) is 4.48 Å². The molecule has 2 nitrogen and oxygen atoms in total. The van der Waals surface area contributed by atoms with Gasteiger partial charge < -0.3 is 0 Å². The number of hydrogen-bond acceptors (Lipinski definition) is 2. The Hall–Kier alpha value is 0.430. The average molecular weight is 151 g/mol. The Balaban J connectivity index is -0.0000000800. The van der Waals surface area contributed by atoms with Gasteiger partial charge in [0.25, 0.3) is 0 Å². The smallest absolute Gasteiger partial charge is 0.0421 e. The molecular formula is C2H9Cl2FN2. The summed E-state index contributed by atoms with van der Waals surface area (Å²) in [6.07, 6.45) is 0.